The summed E-state index contributed by atoms with van der Waals surface area (Å²) in [6, 6.07) is 14.5. The molecule has 5 atom stereocenters. The molecule has 4 rings (SSSR count). The van der Waals surface area contributed by atoms with Gasteiger partial charge in [-0.05, 0) is 35.6 Å². The SMILES string of the molecule is O[C@@H]1[C@@H]2c3ccc(F)cc3N[C@H](c3ccccc3)[C@@H]2C[C@@H]1O. The Balaban J connectivity index is 1.83. The molecule has 0 bridgehead atoms. The van der Waals surface area contributed by atoms with E-state index in [4.69, 9.17) is 0 Å². The number of hydrogen-bond donors (Lipinski definition) is 3. The second-order valence-electron chi connectivity index (χ2n) is 6.25. The highest BCUT2D eigenvalue weighted by molar-refractivity contribution is 5.59. The second kappa shape index (κ2) is 5.07. The molecule has 2 aliphatic rings. The van der Waals surface area contributed by atoms with Gasteiger partial charge in [0, 0.05) is 11.6 Å². The van der Waals surface area contributed by atoms with Crippen LogP contribution in [0.15, 0.2) is 48.5 Å². The number of benzene rings is 2. The first-order valence-corrected chi connectivity index (χ1v) is 7.62. The molecule has 4 heteroatoms. The van der Waals surface area contributed by atoms with Gasteiger partial charge in [0.25, 0.3) is 0 Å². The molecule has 3 nitrogen and oxygen atoms in total. The molecule has 114 valence electrons. The van der Waals surface area contributed by atoms with Crippen molar-refractivity contribution in [2.24, 2.45) is 5.92 Å². The molecule has 1 saturated carbocycles. The number of anilines is 1. The van der Waals surface area contributed by atoms with Crippen LogP contribution in [0.25, 0.3) is 0 Å². The predicted molar refractivity (Wildman–Crippen MR) is 82.1 cm³/mol. The van der Waals surface area contributed by atoms with Crippen molar-refractivity contribution in [2.75, 3.05) is 5.32 Å². The molecule has 2 aromatic rings. The third-order valence-electron chi connectivity index (χ3n) is 5.01. The lowest BCUT2D eigenvalue weighted by molar-refractivity contribution is 0.0348. The van der Waals surface area contributed by atoms with Gasteiger partial charge in [0.15, 0.2) is 0 Å². The lowest BCUT2D eigenvalue weighted by Gasteiger charge is -2.38. The van der Waals surface area contributed by atoms with Crippen molar-refractivity contribution in [3.63, 3.8) is 0 Å². The van der Waals surface area contributed by atoms with Crippen LogP contribution in [0.3, 0.4) is 0 Å². The summed E-state index contributed by atoms with van der Waals surface area (Å²) in [7, 11) is 0. The van der Waals surface area contributed by atoms with Gasteiger partial charge in [0.2, 0.25) is 0 Å². The highest BCUT2D eigenvalue weighted by Gasteiger charge is 2.49. The minimum atomic E-state index is -0.803. The fourth-order valence-electron chi connectivity index (χ4n) is 4.03. The normalized spacial score (nSPS) is 33.0. The van der Waals surface area contributed by atoms with Gasteiger partial charge in [-0.3, -0.25) is 0 Å². The first-order valence-electron chi connectivity index (χ1n) is 7.62. The fraction of sp³-hybridized carbons (Fsp3) is 0.333. The summed E-state index contributed by atoms with van der Waals surface area (Å²) in [5, 5.41) is 23.9. The minimum Gasteiger partial charge on any atom is -0.390 e. The van der Waals surface area contributed by atoms with E-state index in [0.29, 0.717) is 12.1 Å². The van der Waals surface area contributed by atoms with E-state index < -0.39 is 12.2 Å². The molecular formula is C18H18FNO2. The van der Waals surface area contributed by atoms with Crippen LogP contribution in [0.2, 0.25) is 0 Å². The van der Waals surface area contributed by atoms with Crippen LogP contribution >= 0.6 is 0 Å². The number of hydrogen-bond acceptors (Lipinski definition) is 3. The van der Waals surface area contributed by atoms with E-state index in [-0.39, 0.29) is 23.7 Å². The number of aliphatic hydroxyl groups is 2. The third-order valence-corrected chi connectivity index (χ3v) is 5.01. The summed E-state index contributed by atoms with van der Waals surface area (Å²) in [6.07, 6.45) is -1.00. The van der Waals surface area contributed by atoms with Crippen LogP contribution in [0.1, 0.15) is 29.5 Å². The first-order chi connectivity index (χ1) is 10.6. The number of fused-ring (bicyclic) bond motifs is 3. The van der Waals surface area contributed by atoms with Gasteiger partial charge < -0.3 is 15.5 Å². The van der Waals surface area contributed by atoms with Crippen molar-refractivity contribution < 1.29 is 14.6 Å². The van der Waals surface area contributed by atoms with Crippen LogP contribution in [0.5, 0.6) is 0 Å². The summed E-state index contributed by atoms with van der Waals surface area (Å²) < 4.78 is 13.6. The Labute approximate surface area is 128 Å². The quantitative estimate of drug-likeness (QED) is 0.759. The van der Waals surface area contributed by atoms with Crippen LogP contribution < -0.4 is 5.32 Å². The molecule has 0 unspecified atom stereocenters. The number of halogens is 1. The lowest BCUT2D eigenvalue weighted by atomic mass is 9.76. The average Bonchev–Trinajstić information content (AvgIpc) is 2.83. The Hall–Kier alpha value is -1.91. The smallest absolute Gasteiger partial charge is 0.125 e. The molecule has 3 N–H and O–H groups in total. The van der Waals surface area contributed by atoms with Crippen molar-refractivity contribution in [1.82, 2.24) is 0 Å². The zero-order chi connectivity index (χ0) is 15.3. The van der Waals surface area contributed by atoms with Crippen LogP contribution in [0.4, 0.5) is 10.1 Å². The molecule has 0 spiro atoms. The van der Waals surface area contributed by atoms with E-state index in [2.05, 4.69) is 5.32 Å². The summed E-state index contributed by atoms with van der Waals surface area (Å²) in [5.41, 5.74) is 2.69. The summed E-state index contributed by atoms with van der Waals surface area (Å²) in [6.45, 7) is 0. The maximum atomic E-state index is 13.6. The molecule has 1 aliphatic heterocycles. The van der Waals surface area contributed by atoms with Crippen molar-refractivity contribution in [2.45, 2.75) is 30.6 Å². The molecular weight excluding hydrogens is 281 g/mol. The number of rotatable bonds is 1. The van der Waals surface area contributed by atoms with Gasteiger partial charge in [-0.25, -0.2) is 4.39 Å². The largest absolute Gasteiger partial charge is 0.390 e. The van der Waals surface area contributed by atoms with Crippen molar-refractivity contribution >= 4 is 5.69 Å². The van der Waals surface area contributed by atoms with Gasteiger partial charge >= 0.3 is 0 Å². The maximum absolute atomic E-state index is 13.6. The van der Waals surface area contributed by atoms with Crippen molar-refractivity contribution in [3.05, 3.63) is 65.5 Å². The van der Waals surface area contributed by atoms with E-state index >= 15 is 0 Å². The summed E-state index contributed by atoms with van der Waals surface area (Å²) in [5.74, 6) is -0.382. The Morgan fingerprint density at radius 1 is 1.05 bits per heavy atom. The number of nitrogens with one attached hydrogen (secondary N) is 1. The Bertz CT molecular complexity index is 691. The van der Waals surface area contributed by atoms with E-state index in [0.717, 1.165) is 11.1 Å². The standard InChI is InChI=1S/C18H18FNO2/c19-11-6-7-12-14(8-11)20-17(10-4-2-1-3-5-10)13-9-15(21)18(22)16(12)13/h1-8,13,15-18,20-22H,9H2/t13-,15+,16-,17-,18+/m1/s1. The first kappa shape index (κ1) is 13.7. The lowest BCUT2D eigenvalue weighted by Crippen LogP contribution is -2.32. The molecule has 0 saturated heterocycles. The van der Waals surface area contributed by atoms with E-state index in [9.17, 15) is 14.6 Å². The molecule has 1 fully saturated rings. The average molecular weight is 299 g/mol. The van der Waals surface area contributed by atoms with E-state index in [1.54, 1.807) is 6.07 Å². The van der Waals surface area contributed by atoms with Crippen LogP contribution in [0, 0.1) is 11.7 Å². The molecule has 1 aliphatic carbocycles. The zero-order valence-electron chi connectivity index (χ0n) is 12.0. The molecule has 0 radical (unpaired) electrons. The van der Waals surface area contributed by atoms with E-state index in [1.165, 1.54) is 12.1 Å². The zero-order valence-corrected chi connectivity index (χ0v) is 12.0. The Kier molecular flexibility index (Phi) is 3.17. The van der Waals surface area contributed by atoms with Gasteiger partial charge in [-0.1, -0.05) is 36.4 Å². The topological polar surface area (TPSA) is 52.5 Å². The van der Waals surface area contributed by atoms with Crippen LogP contribution in [-0.4, -0.2) is 22.4 Å². The van der Waals surface area contributed by atoms with Gasteiger partial charge in [-0.15, -0.1) is 0 Å². The number of aliphatic hydroxyl groups excluding tert-OH is 2. The van der Waals surface area contributed by atoms with Crippen molar-refractivity contribution in [3.8, 4) is 0 Å². The summed E-state index contributed by atoms with van der Waals surface area (Å²) in [4.78, 5) is 0. The highest BCUT2D eigenvalue weighted by atomic mass is 19.1. The molecule has 2 aromatic carbocycles. The fourth-order valence-corrected chi connectivity index (χ4v) is 4.03. The third kappa shape index (κ3) is 2.02. The molecule has 0 aromatic heterocycles. The second-order valence-corrected chi connectivity index (χ2v) is 6.25. The minimum absolute atomic E-state index is 0.0349. The summed E-state index contributed by atoms with van der Waals surface area (Å²) >= 11 is 0. The molecule has 22 heavy (non-hydrogen) atoms. The monoisotopic (exact) mass is 299 g/mol. The molecule has 1 heterocycles. The van der Waals surface area contributed by atoms with Crippen molar-refractivity contribution in [1.29, 1.82) is 0 Å². The Morgan fingerprint density at radius 3 is 2.59 bits per heavy atom. The highest BCUT2D eigenvalue weighted by Crippen LogP contribution is 2.52. The van der Waals surface area contributed by atoms with E-state index in [1.807, 2.05) is 30.3 Å². The molecule has 0 amide bonds. The van der Waals surface area contributed by atoms with Gasteiger partial charge in [0.05, 0.1) is 18.2 Å². The van der Waals surface area contributed by atoms with Crippen LogP contribution in [-0.2, 0) is 0 Å². The maximum Gasteiger partial charge on any atom is 0.125 e. The van der Waals surface area contributed by atoms with Gasteiger partial charge in [-0.2, -0.15) is 0 Å². The predicted octanol–water partition coefficient (Wildman–Crippen LogP) is 2.82. The van der Waals surface area contributed by atoms with Gasteiger partial charge in [0.1, 0.15) is 5.82 Å². The Morgan fingerprint density at radius 2 is 1.82 bits per heavy atom.